The molecule has 1 N–H and O–H groups in total. The number of amides is 1. The van der Waals surface area contributed by atoms with Crippen molar-refractivity contribution in [3.8, 4) is 0 Å². The van der Waals surface area contributed by atoms with Crippen LogP contribution in [-0.4, -0.2) is 36.5 Å². The second-order valence-corrected chi connectivity index (χ2v) is 4.55. The first-order chi connectivity index (χ1) is 7.31. The molecule has 2 heterocycles. The summed E-state index contributed by atoms with van der Waals surface area (Å²) in [6.07, 6.45) is 6.35. The summed E-state index contributed by atoms with van der Waals surface area (Å²) in [5.41, 5.74) is 0. The van der Waals surface area contributed by atoms with Crippen LogP contribution in [0, 0.1) is 5.92 Å². The molecule has 2 aliphatic heterocycles. The smallest absolute Gasteiger partial charge is 0.239 e. The molecule has 0 bridgehead atoms. The third-order valence-corrected chi connectivity index (χ3v) is 3.54. The number of hydrogen-bond acceptors (Lipinski definition) is 2. The lowest BCUT2D eigenvalue weighted by atomic mass is 9.96. The summed E-state index contributed by atoms with van der Waals surface area (Å²) in [6, 6.07) is 0.102. The highest BCUT2D eigenvalue weighted by Crippen LogP contribution is 2.19. The van der Waals surface area contributed by atoms with E-state index >= 15 is 0 Å². The minimum Gasteiger partial charge on any atom is -0.341 e. The fourth-order valence-electron chi connectivity index (χ4n) is 2.47. The Bertz CT molecular complexity index is 243. The van der Waals surface area contributed by atoms with Gasteiger partial charge in [-0.05, 0) is 38.1 Å². The Morgan fingerprint density at radius 3 is 2.50 bits per heavy atom. The molecule has 1 amide bonds. The predicted molar refractivity (Wildman–Crippen MR) is 67.8 cm³/mol. The van der Waals surface area contributed by atoms with Gasteiger partial charge in [-0.3, -0.25) is 4.79 Å². The summed E-state index contributed by atoms with van der Waals surface area (Å²) >= 11 is 0. The van der Waals surface area contributed by atoms with Gasteiger partial charge in [0.15, 0.2) is 0 Å². The summed E-state index contributed by atoms with van der Waals surface area (Å²) in [4.78, 5) is 14.0. The van der Waals surface area contributed by atoms with E-state index in [4.69, 9.17) is 0 Å². The average Bonchev–Trinajstić information content (AvgIpc) is 2.82. The van der Waals surface area contributed by atoms with Gasteiger partial charge in [-0.1, -0.05) is 6.08 Å². The SMILES string of the molecule is C=CC1CCN(C(=O)[C@@H]2CCCN2)CC1.Cl. The number of piperidine rings is 1. The largest absolute Gasteiger partial charge is 0.341 e. The van der Waals surface area contributed by atoms with Crippen molar-refractivity contribution in [2.24, 2.45) is 5.92 Å². The number of nitrogens with zero attached hydrogens (tertiary/aromatic N) is 1. The average molecular weight is 245 g/mol. The number of rotatable bonds is 2. The van der Waals surface area contributed by atoms with Crippen LogP contribution >= 0.6 is 12.4 Å². The van der Waals surface area contributed by atoms with Crippen LogP contribution in [0.1, 0.15) is 25.7 Å². The Labute approximate surface area is 104 Å². The van der Waals surface area contributed by atoms with Gasteiger partial charge in [0.05, 0.1) is 6.04 Å². The normalized spacial score (nSPS) is 26.2. The first-order valence-electron chi connectivity index (χ1n) is 5.96. The lowest BCUT2D eigenvalue weighted by Gasteiger charge is -2.32. The van der Waals surface area contributed by atoms with Crippen molar-refractivity contribution in [2.75, 3.05) is 19.6 Å². The molecule has 2 fully saturated rings. The van der Waals surface area contributed by atoms with Crippen LogP contribution in [0.15, 0.2) is 12.7 Å². The van der Waals surface area contributed by atoms with Crippen LogP contribution in [0.2, 0.25) is 0 Å². The fourth-order valence-corrected chi connectivity index (χ4v) is 2.47. The van der Waals surface area contributed by atoms with Gasteiger partial charge < -0.3 is 10.2 Å². The van der Waals surface area contributed by atoms with Crippen molar-refractivity contribution in [3.63, 3.8) is 0 Å². The Hall–Kier alpha value is -0.540. The van der Waals surface area contributed by atoms with E-state index in [1.54, 1.807) is 0 Å². The van der Waals surface area contributed by atoms with E-state index in [2.05, 4.69) is 11.9 Å². The molecule has 0 aromatic heterocycles. The van der Waals surface area contributed by atoms with E-state index in [1.165, 1.54) is 0 Å². The van der Waals surface area contributed by atoms with Crippen molar-refractivity contribution in [2.45, 2.75) is 31.7 Å². The Kier molecular flexibility index (Phi) is 5.29. The molecule has 4 heteroatoms. The van der Waals surface area contributed by atoms with Gasteiger partial charge in [0.2, 0.25) is 5.91 Å². The predicted octanol–water partition coefficient (Wildman–Crippen LogP) is 1.58. The van der Waals surface area contributed by atoms with E-state index in [-0.39, 0.29) is 18.4 Å². The molecule has 1 atom stereocenters. The number of halogens is 1. The van der Waals surface area contributed by atoms with Gasteiger partial charge in [0.1, 0.15) is 0 Å². The monoisotopic (exact) mass is 244 g/mol. The van der Waals surface area contributed by atoms with Gasteiger partial charge in [0.25, 0.3) is 0 Å². The molecule has 0 spiro atoms. The van der Waals surface area contributed by atoms with Gasteiger partial charge >= 0.3 is 0 Å². The lowest BCUT2D eigenvalue weighted by Crippen LogP contribution is -2.46. The molecular weight excluding hydrogens is 224 g/mol. The van der Waals surface area contributed by atoms with E-state index in [0.717, 1.165) is 45.3 Å². The second kappa shape index (κ2) is 6.26. The molecule has 2 aliphatic rings. The van der Waals surface area contributed by atoms with Crippen LogP contribution in [0.3, 0.4) is 0 Å². The molecule has 0 aromatic rings. The number of allylic oxidation sites excluding steroid dienone is 1. The Morgan fingerprint density at radius 2 is 2.00 bits per heavy atom. The minimum absolute atomic E-state index is 0. The van der Waals surface area contributed by atoms with Crippen molar-refractivity contribution in [3.05, 3.63) is 12.7 Å². The summed E-state index contributed by atoms with van der Waals surface area (Å²) in [6.45, 7) is 6.64. The van der Waals surface area contributed by atoms with Gasteiger partial charge in [-0.15, -0.1) is 19.0 Å². The second-order valence-electron chi connectivity index (χ2n) is 4.55. The molecule has 0 aliphatic carbocycles. The van der Waals surface area contributed by atoms with Gasteiger partial charge in [-0.25, -0.2) is 0 Å². The zero-order chi connectivity index (χ0) is 10.7. The summed E-state index contributed by atoms with van der Waals surface area (Å²) in [7, 11) is 0. The van der Waals surface area contributed by atoms with Crippen LogP contribution < -0.4 is 5.32 Å². The van der Waals surface area contributed by atoms with Crippen molar-refractivity contribution >= 4 is 18.3 Å². The summed E-state index contributed by atoms with van der Waals surface area (Å²) in [5.74, 6) is 0.931. The highest BCUT2D eigenvalue weighted by molar-refractivity contribution is 5.85. The maximum Gasteiger partial charge on any atom is 0.239 e. The van der Waals surface area contributed by atoms with Crippen LogP contribution in [0.25, 0.3) is 0 Å². The number of nitrogens with one attached hydrogen (secondary N) is 1. The molecule has 0 aromatic carbocycles. The van der Waals surface area contributed by atoms with Crippen molar-refractivity contribution < 1.29 is 4.79 Å². The molecule has 92 valence electrons. The van der Waals surface area contributed by atoms with Gasteiger partial charge in [-0.2, -0.15) is 0 Å². The summed E-state index contributed by atoms with van der Waals surface area (Å²) < 4.78 is 0. The van der Waals surface area contributed by atoms with E-state index in [1.807, 2.05) is 11.0 Å². The first kappa shape index (κ1) is 13.5. The Morgan fingerprint density at radius 1 is 1.31 bits per heavy atom. The highest BCUT2D eigenvalue weighted by atomic mass is 35.5. The fraction of sp³-hybridized carbons (Fsp3) is 0.750. The minimum atomic E-state index is 0. The standard InChI is InChI=1S/C12H20N2O.ClH/c1-2-10-5-8-14(9-6-10)12(15)11-4-3-7-13-11;/h2,10-11,13H,1,3-9H2;1H/t11-;/m0./s1. The highest BCUT2D eigenvalue weighted by Gasteiger charge is 2.28. The van der Waals surface area contributed by atoms with E-state index in [9.17, 15) is 4.79 Å². The molecule has 0 radical (unpaired) electrons. The third-order valence-electron chi connectivity index (χ3n) is 3.54. The molecular formula is C12H21ClN2O. The first-order valence-corrected chi connectivity index (χ1v) is 5.96. The number of hydrogen-bond donors (Lipinski definition) is 1. The summed E-state index contributed by atoms with van der Waals surface area (Å²) in [5, 5.41) is 3.27. The van der Waals surface area contributed by atoms with E-state index in [0.29, 0.717) is 11.8 Å². The maximum absolute atomic E-state index is 12.0. The zero-order valence-corrected chi connectivity index (χ0v) is 10.5. The van der Waals surface area contributed by atoms with Crippen LogP contribution in [-0.2, 0) is 4.79 Å². The van der Waals surface area contributed by atoms with Crippen molar-refractivity contribution in [1.29, 1.82) is 0 Å². The quantitative estimate of drug-likeness (QED) is 0.749. The van der Waals surface area contributed by atoms with E-state index < -0.39 is 0 Å². The van der Waals surface area contributed by atoms with Gasteiger partial charge in [0, 0.05) is 13.1 Å². The molecule has 0 unspecified atom stereocenters. The molecule has 3 nitrogen and oxygen atoms in total. The number of likely N-dealkylation sites (tertiary alicyclic amines) is 1. The number of carbonyl (C=O) groups excluding carboxylic acids is 1. The topological polar surface area (TPSA) is 32.3 Å². The zero-order valence-electron chi connectivity index (χ0n) is 9.65. The van der Waals surface area contributed by atoms with Crippen molar-refractivity contribution in [1.82, 2.24) is 10.2 Å². The third kappa shape index (κ3) is 2.98. The molecule has 16 heavy (non-hydrogen) atoms. The Balaban J connectivity index is 0.00000128. The van der Waals surface area contributed by atoms with Crippen LogP contribution in [0.4, 0.5) is 0 Å². The molecule has 2 saturated heterocycles. The number of carbonyl (C=O) groups is 1. The molecule has 2 rings (SSSR count). The van der Waals surface area contributed by atoms with Crippen LogP contribution in [0.5, 0.6) is 0 Å². The molecule has 0 saturated carbocycles. The lowest BCUT2D eigenvalue weighted by molar-refractivity contribution is -0.134. The maximum atomic E-state index is 12.0.